The minimum Gasteiger partial charge on any atom is -0.444 e. The lowest BCUT2D eigenvalue weighted by Gasteiger charge is -2.24. The van der Waals surface area contributed by atoms with E-state index in [1.54, 1.807) is 16.2 Å². The molecule has 0 spiro atoms. The first-order valence-corrected chi connectivity index (χ1v) is 7.86. The maximum atomic E-state index is 12.0. The average molecular weight is 297 g/mol. The molecule has 1 aliphatic heterocycles. The van der Waals surface area contributed by atoms with E-state index in [1.165, 1.54) is 4.88 Å². The van der Waals surface area contributed by atoms with Crippen LogP contribution >= 0.6 is 11.3 Å². The molecule has 5 heteroatoms. The highest BCUT2D eigenvalue weighted by atomic mass is 32.1. The summed E-state index contributed by atoms with van der Waals surface area (Å²) in [5, 5.41) is 10.2. The third kappa shape index (κ3) is 3.52. The Morgan fingerprint density at radius 3 is 2.70 bits per heavy atom. The topological polar surface area (TPSA) is 49.8 Å². The second kappa shape index (κ2) is 5.74. The zero-order valence-electron chi connectivity index (χ0n) is 12.5. The van der Waals surface area contributed by atoms with E-state index >= 15 is 0 Å². The number of carbonyl (C=O) groups is 1. The number of hydrogen-bond acceptors (Lipinski definition) is 4. The molecular formula is C15H23NO3S. The van der Waals surface area contributed by atoms with Gasteiger partial charge in [-0.25, -0.2) is 4.79 Å². The molecule has 1 aliphatic rings. The monoisotopic (exact) mass is 297 g/mol. The Morgan fingerprint density at radius 1 is 1.45 bits per heavy atom. The standard InChI is InChI=1S/C15H23NO3S/c1-5-10-6-7-13(20-10)11-8-16(9-12(11)17)14(18)19-15(2,3)4/h6-7,11-12,17H,5,8-9H2,1-4H3/t11-,12-/m1/s1. The largest absolute Gasteiger partial charge is 0.444 e. The zero-order valence-corrected chi connectivity index (χ0v) is 13.4. The van der Waals surface area contributed by atoms with Crippen molar-refractivity contribution in [2.45, 2.75) is 51.7 Å². The van der Waals surface area contributed by atoms with Gasteiger partial charge in [-0.3, -0.25) is 0 Å². The minimum atomic E-state index is -0.508. The molecular weight excluding hydrogens is 274 g/mol. The van der Waals surface area contributed by atoms with Crippen LogP contribution in [0.3, 0.4) is 0 Å². The molecule has 4 nitrogen and oxygen atoms in total. The van der Waals surface area contributed by atoms with Crippen molar-refractivity contribution in [2.75, 3.05) is 13.1 Å². The van der Waals surface area contributed by atoms with Crippen LogP contribution in [0.25, 0.3) is 0 Å². The maximum Gasteiger partial charge on any atom is 0.410 e. The molecule has 1 N–H and O–H groups in total. The Bertz CT molecular complexity index is 478. The molecule has 2 rings (SSSR count). The van der Waals surface area contributed by atoms with Gasteiger partial charge >= 0.3 is 6.09 Å². The van der Waals surface area contributed by atoms with Crippen molar-refractivity contribution in [2.24, 2.45) is 0 Å². The van der Waals surface area contributed by atoms with Crippen molar-refractivity contribution in [3.63, 3.8) is 0 Å². The number of carbonyl (C=O) groups excluding carboxylic acids is 1. The molecule has 0 radical (unpaired) electrons. The third-order valence-corrected chi connectivity index (χ3v) is 4.70. The first kappa shape index (κ1) is 15.3. The third-order valence-electron chi connectivity index (χ3n) is 3.34. The number of aliphatic hydroxyl groups excluding tert-OH is 1. The van der Waals surface area contributed by atoms with Gasteiger partial charge in [0.15, 0.2) is 0 Å². The van der Waals surface area contributed by atoms with Crippen LogP contribution in [0.4, 0.5) is 4.79 Å². The fourth-order valence-electron chi connectivity index (χ4n) is 2.33. The van der Waals surface area contributed by atoms with E-state index in [0.29, 0.717) is 13.1 Å². The highest BCUT2D eigenvalue weighted by molar-refractivity contribution is 7.12. The summed E-state index contributed by atoms with van der Waals surface area (Å²) in [5.74, 6) is 0.00724. The molecule has 0 aromatic carbocycles. The SMILES string of the molecule is CCc1ccc([C@@H]2CN(C(=O)OC(C)(C)C)C[C@H]2O)s1. The number of rotatable bonds is 2. The molecule has 0 aliphatic carbocycles. The number of β-amino-alcohol motifs (C(OH)–C–C–N with tert-alkyl or cyclic N) is 1. The number of likely N-dealkylation sites (tertiary alicyclic amines) is 1. The molecule has 0 bridgehead atoms. The molecule has 20 heavy (non-hydrogen) atoms. The number of hydrogen-bond donors (Lipinski definition) is 1. The Hall–Kier alpha value is -1.07. The summed E-state index contributed by atoms with van der Waals surface area (Å²) in [7, 11) is 0. The van der Waals surface area contributed by atoms with Gasteiger partial charge in [-0.2, -0.15) is 0 Å². The highest BCUT2D eigenvalue weighted by Gasteiger charge is 2.37. The number of aryl methyl sites for hydroxylation is 1. The van der Waals surface area contributed by atoms with Gasteiger partial charge in [0.05, 0.1) is 12.6 Å². The van der Waals surface area contributed by atoms with Gasteiger partial charge in [0.1, 0.15) is 5.60 Å². The summed E-state index contributed by atoms with van der Waals surface area (Å²) in [6.07, 6.45) is 0.153. The molecule has 2 atom stereocenters. The van der Waals surface area contributed by atoms with Gasteiger partial charge in [0.25, 0.3) is 0 Å². The van der Waals surface area contributed by atoms with Crippen molar-refractivity contribution in [3.05, 3.63) is 21.9 Å². The summed E-state index contributed by atoms with van der Waals surface area (Å²) in [5.41, 5.74) is -0.502. The van der Waals surface area contributed by atoms with Crippen LogP contribution in [0, 0.1) is 0 Å². The fraction of sp³-hybridized carbons (Fsp3) is 0.667. The molecule has 1 fully saturated rings. The zero-order chi connectivity index (χ0) is 14.9. The average Bonchev–Trinajstić information content (AvgIpc) is 2.92. The Kier molecular flexibility index (Phi) is 4.39. The molecule has 1 aromatic heterocycles. The van der Waals surface area contributed by atoms with Crippen molar-refractivity contribution < 1.29 is 14.6 Å². The van der Waals surface area contributed by atoms with Crippen molar-refractivity contribution in [1.82, 2.24) is 4.90 Å². The molecule has 1 saturated heterocycles. The van der Waals surface area contributed by atoms with Gasteiger partial charge in [-0.05, 0) is 39.3 Å². The van der Waals surface area contributed by atoms with E-state index in [-0.39, 0.29) is 12.0 Å². The first-order chi connectivity index (χ1) is 9.30. The van der Waals surface area contributed by atoms with E-state index in [9.17, 15) is 9.90 Å². The predicted octanol–water partition coefficient (Wildman–Crippen LogP) is 3.01. The lowest BCUT2D eigenvalue weighted by molar-refractivity contribution is 0.0270. The number of nitrogens with zero attached hydrogens (tertiary/aromatic N) is 1. The Morgan fingerprint density at radius 2 is 2.15 bits per heavy atom. The van der Waals surface area contributed by atoms with Crippen molar-refractivity contribution >= 4 is 17.4 Å². The van der Waals surface area contributed by atoms with Crippen molar-refractivity contribution in [1.29, 1.82) is 0 Å². The van der Waals surface area contributed by atoms with Crippen LogP contribution in [0.1, 0.15) is 43.4 Å². The molecule has 1 amide bonds. The summed E-state index contributed by atoms with van der Waals surface area (Å²) >= 11 is 1.72. The van der Waals surface area contributed by atoms with Crippen LogP contribution in [-0.2, 0) is 11.2 Å². The quantitative estimate of drug-likeness (QED) is 0.913. The number of amides is 1. The van der Waals surface area contributed by atoms with Gasteiger partial charge in [0.2, 0.25) is 0 Å². The first-order valence-electron chi connectivity index (χ1n) is 7.04. The smallest absolute Gasteiger partial charge is 0.410 e. The van der Waals surface area contributed by atoms with E-state index in [2.05, 4.69) is 19.1 Å². The summed E-state index contributed by atoms with van der Waals surface area (Å²) in [4.78, 5) is 16.1. The predicted molar refractivity (Wildman–Crippen MR) is 80.3 cm³/mol. The van der Waals surface area contributed by atoms with Gasteiger partial charge < -0.3 is 14.7 Å². The second-order valence-corrected chi connectivity index (χ2v) is 7.42. The van der Waals surface area contributed by atoms with Gasteiger partial charge in [-0.15, -0.1) is 11.3 Å². The van der Waals surface area contributed by atoms with Crippen LogP contribution < -0.4 is 0 Å². The minimum absolute atomic E-state index is 0.00724. The van der Waals surface area contributed by atoms with Gasteiger partial charge in [0, 0.05) is 22.2 Å². The van der Waals surface area contributed by atoms with Crippen molar-refractivity contribution in [3.8, 4) is 0 Å². The van der Waals surface area contributed by atoms with Crippen LogP contribution in [-0.4, -0.2) is 40.9 Å². The Labute approximate surface area is 124 Å². The van der Waals surface area contributed by atoms with E-state index < -0.39 is 11.7 Å². The summed E-state index contributed by atoms with van der Waals surface area (Å²) < 4.78 is 5.36. The molecule has 1 aromatic rings. The van der Waals surface area contributed by atoms with E-state index in [0.717, 1.165) is 11.3 Å². The second-order valence-electron chi connectivity index (χ2n) is 6.22. The number of aliphatic hydroxyl groups is 1. The summed E-state index contributed by atoms with van der Waals surface area (Å²) in [6, 6.07) is 4.17. The Balaban J connectivity index is 2.03. The van der Waals surface area contributed by atoms with Gasteiger partial charge in [-0.1, -0.05) is 6.92 Å². The summed E-state index contributed by atoms with van der Waals surface area (Å²) in [6.45, 7) is 8.54. The lowest BCUT2D eigenvalue weighted by atomic mass is 10.0. The normalized spacial score (nSPS) is 23.1. The molecule has 0 unspecified atom stereocenters. The highest BCUT2D eigenvalue weighted by Crippen LogP contribution is 2.33. The van der Waals surface area contributed by atoms with Crippen LogP contribution in [0.2, 0.25) is 0 Å². The fourth-order valence-corrected chi connectivity index (χ4v) is 3.43. The maximum absolute atomic E-state index is 12.0. The van der Waals surface area contributed by atoms with Crippen LogP contribution in [0.15, 0.2) is 12.1 Å². The molecule has 2 heterocycles. The van der Waals surface area contributed by atoms with E-state index in [1.807, 2.05) is 20.8 Å². The molecule has 112 valence electrons. The lowest BCUT2D eigenvalue weighted by Crippen LogP contribution is -2.35. The number of ether oxygens (including phenoxy) is 1. The number of thiophene rings is 1. The van der Waals surface area contributed by atoms with Crippen LogP contribution in [0.5, 0.6) is 0 Å². The van der Waals surface area contributed by atoms with E-state index in [4.69, 9.17) is 4.74 Å². The molecule has 0 saturated carbocycles.